The summed E-state index contributed by atoms with van der Waals surface area (Å²) in [7, 11) is 1.40. The molecule has 1 aromatic carbocycles. The van der Waals surface area contributed by atoms with Crippen LogP contribution in [0.15, 0.2) is 29.6 Å². The molecule has 0 spiro atoms. The minimum absolute atomic E-state index is 0.125. The minimum Gasteiger partial charge on any atom is -0.493 e. The number of nitrogens with one attached hydrogen (secondary N) is 1. The fourth-order valence-electron chi connectivity index (χ4n) is 2.32. The summed E-state index contributed by atoms with van der Waals surface area (Å²) < 4.78 is 10.5. The second-order valence-electron chi connectivity index (χ2n) is 5.65. The van der Waals surface area contributed by atoms with E-state index in [9.17, 15) is 9.59 Å². The number of methoxy groups -OCH3 is 1. The van der Waals surface area contributed by atoms with Gasteiger partial charge in [0.2, 0.25) is 0 Å². The molecule has 0 atom stereocenters. The third-order valence-electron chi connectivity index (χ3n) is 3.57. The summed E-state index contributed by atoms with van der Waals surface area (Å²) >= 11 is 9.15. The lowest BCUT2D eigenvalue weighted by molar-refractivity contribution is -0.119. The Kier molecular flexibility index (Phi) is 6.18. The van der Waals surface area contributed by atoms with Crippen molar-refractivity contribution in [2.45, 2.75) is 6.92 Å². The average molecular weight is 438 g/mol. The number of amides is 2. The number of thiophene rings is 1. The number of nitrogens with two attached hydrogens (primary N) is 1. The number of benzene rings is 1. The molecular formula is C18H16ClN3O4S2. The maximum atomic E-state index is 12.6. The van der Waals surface area contributed by atoms with Crippen LogP contribution < -0.4 is 20.5 Å². The van der Waals surface area contributed by atoms with Gasteiger partial charge in [-0.1, -0.05) is 11.6 Å². The standard InChI is InChI=1S/C18H16ClN3O4S2/c1-9-3-4-14(28-9)12-8-27-18(21-12)22-17(24)10-5-11(19)16(13(6-10)25-2)26-7-15(20)23/h3-6,8H,7H2,1-2H3,(H2,20,23)(H,21,22,24). The van der Waals surface area contributed by atoms with Crippen LogP contribution in [0.1, 0.15) is 15.2 Å². The molecule has 2 heterocycles. The van der Waals surface area contributed by atoms with Crippen molar-refractivity contribution in [2.75, 3.05) is 19.0 Å². The molecule has 0 bridgehead atoms. The molecule has 0 saturated heterocycles. The van der Waals surface area contributed by atoms with Gasteiger partial charge in [-0.05, 0) is 31.2 Å². The predicted octanol–water partition coefficient (Wildman–Crippen LogP) is 3.96. The average Bonchev–Trinajstić information content (AvgIpc) is 3.28. The highest BCUT2D eigenvalue weighted by atomic mass is 35.5. The van der Waals surface area contributed by atoms with Gasteiger partial charge in [-0.15, -0.1) is 22.7 Å². The van der Waals surface area contributed by atoms with Crippen LogP contribution in [-0.4, -0.2) is 30.5 Å². The van der Waals surface area contributed by atoms with Crippen LogP contribution in [0.3, 0.4) is 0 Å². The molecular weight excluding hydrogens is 422 g/mol. The lowest BCUT2D eigenvalue weighted by atomic mass is 10.2. The van der Waals surface area contributed by atoms with Crippen molar-refractivity contribution in [2.24, 2.45) is 5.73 Å². The van der Waals surface area contributed by atoms with Gasteiger partial charge >= 0.3 is 0 Å². The van der Waals surface area contributed by atoms with Crippen LogP contribution in [0, 0.1) is 6.92 Å². The lowest BCUT2D eigenvalue weighted by Gasteiger charge is -2.13. The van der Waals surface area contributed by atoms with E-state index in [-0.39, 0.29) is 28.7 Å². The van der Waals surface area contributed by atoms with Gasteiger partial charge in [0.1, 0.15) is 0 Å². The van der Waals surface area contributed by atoms with E-state index in [1.807, 2.05) is 24.4 Å². The Morgan fingerprint density at radius 2 is 2.11 bits per heavy atom. The first-order chi connectivity index (χ1) is 13.4. The van der Waals surface area contributed by atoms with Crippen LogP contribution >= 0.6 is 34.3 Å². The highest BCUT2D eigenvalue weighted by molar-refractivity contribution is 7.17. The maximum Gasteiger partial charge on any atom is 0.257 e. The first-order valence-electron chi connectivity index (χ1n) is 7.99. The van der Waals surface area contributed by atoms with Gasteiger partial charge < -0.3 is 15.2 Å². The number of anilines is 1. The normalized spacial score (nSPS) is 10.5. The van der Waals surface area contributed by atoms with E-state index in [0.29, 0.717) is 5.13 Å². The van der Waals surface area contributed by atoms with Crippen molar-refractivity contribution >= 4 is 51.2 Å². The third kappa shape index (κ3) is 4.61. The van der Waals surface area contributed by atoms with Crippen molar-refractivity contribution in [1.29, 1.82) is 0 Å². The minimum atomic E-state index is -0.652. The van der Waals surface area contributed by atoms with Crippen LogP contribution in [0.25, 0.3) is 10.6 Å². The van der Waals surface area contributed by atoms with Gasteiger partial charge in [0.05, 0.1) is 22.7 Å². The zero-order chi connectivity index (χ0) is 20.3. The van der Waals surface area contributed by atoms with Gasteiger partial charge in [0.15, 0.2) is 23.2 Å². The van der Waals surface area contributed by atoms with E-state index in [2.05, 4.69) is 10.3 Å². The number of aryl methyl sites for hydroxylation is 1. The molecule has 3 rings (SSSR count). The summed E-state index contributed by atoms with van der Waals surface area (Å²) in [6.45, 7) is 1.67. The van der Waals surface area contributed by atoms with Gasteiger partial charge in [0.25, 0.3) is 11.8 Å². The van der Waals surface area contributed by atoms with Crippen LogP contribution in [-0.2, 0) is 4.79 Å². The second kappa shape index (κ2) is 8.59. The number of thiazole rings is 1. The SMILES string of the molecule is COc1cc(C(=O)Nc2nc(-c3ccc(C)s3)cs2)cc(Cl)c1OCC(N)=O. The Morgan fingerprint density at radius 3 is 2.75 bits per heavy atom. The molecule has 3 N–H and O–H groups in total. The Hall–Kier alpha value is -2.62. The zero-order valence-corrected chi connectivity index (χ0v) is 17.3. The van der Waals surface area contributed by atoms with Gasteiger partial charge in [0, 0.05) is 15.8 Å². The molecule has 0 aliphatic rings. The van der Waals surface area contributed by atoms with E-state index < -0.39 is 11.8 Å². The van der Waals surface area contributed by atoms with E-state index in [0.717, 1.165) is 10.6 Å². The monoisotopic (exact) mass is 437 g/mol. The van der Waals surface area contributed by atoms with Crippen molar-refractivity contribution in [3.8, 4) is 22.1 Å². The third-order valence-corrected chi connectivity index (χ3v) is 5.63. The molecule has 0 aliphatic carbocycles. The van der Waals surface area contributed by atoms with Crippen LogP contribution in [0.4, 0.5) is 5.13 Å². The van der Waals surface area contributed by atoms with E-state index >= 15 is 0 Å². The van der Waals surface area contributed by atoms with E-state index in [1.54, 1.807) is 11.3 Å². The number of ether oxygens (including phenoxy) is 2. The number of carbonyl (C=O) groups excluding carboxylic acids is 2. The van der Waals surface area contributed by atoms with Crippen molar-refractivity contribution < 1.29 is 19.1 Å². The molecule has 7 nitrogen and oxygen atoms in total. The summed E-state index contributed by atoms with van der Waals surface area (Å²) in [6.07, 6.45) is 0. The summed E-state index contributed by atoms with van der Waals surface area (Å²) in [6, 6.07) is 6.91. The fraction of sp³-hybridized carbons (Fsp3) is 0.167. The quantitative estimate of drug-likeness (QED) is 0.582. The second-order valence-corrected chi connectivity index (χ2v) is 8.20. The molecule has 2 amide bonds. The zero-order valence-electron chi connectivity index (χ0n) is 14.9. The van der Waals surface area contributed by atoms with Crippen LogP contribution in [0.2, 0.25) is 5.02 Å². The van der Waals surface area contributed by atoms with Crippen LogP contribution in [0.5, 0.6) is 11.5 Å². The largest absolute Gasteiger partial charge is 0.493 e. The van der Waals surface area contributed by atoms with Gasteiger partial charge in [-0.2, -0.15) is 0 Å². The number of nitrogens with zero attached hydrogens (tertiary/aromatic N) is 1. The summed E-state index contributed by atoms with van der Waals surface area (Å²) in [5.41, 5.74) is 6.14. The topological polar surface area (TPSA) is 104 Å². The molecule has 146 valence electrons. The Bertz CT molecular complexity index is 1030. The van der Waals surface area contributed by atoms with E-state index in [4.69, 9.17) is 26.8 Å². The number of carbonyl (C=O) groups is 2. The molecule has 0 aliphatic heterocycles. The summed E-state index contributed by atoms with van der Waals surface area (Å²) in [5.74, 6) is -0.692. The number of halogens is 1. The molecule has 10 heteroatoms. The molecule has 3 aromatic rings. The van der Waals surface area contributed by atoms with E-state index in [1.165, 1.54) is 35.5 Å². The van der Waals surface area contributed by atoms with Crippen molar-refractivity contribution in [1.82, 2.24) is 4.98 Å². The molecule has 28 heavy (non-hydrogen) atoms. The predicted molar refractivity (Wildman–Crippen MR) is 111 cm³/mol. The number of hydrogen-bond acceptors (Lipinski definition) is 7. The number of primary amides is 1. The van der Waals surface area contributed by atoms with Crippen molar-refractivity contribution in [3.63, 3.8) is 0 Å². The fourth-order valence-corrected chi connectivity index (χ4v) is 4.19. The molecule has 0 fully saturated rings. The van der Waals surface area contributed by atoms with Gasteiger partial charge in [-0.3, -0.25) is 14.9 Å². The smallest absolute Gasteiger partial charge is 0.257 e. The Balaban J connectivity index is 1.78. The number of rotatable bonds is 7. The Morgan fingerprint density at radius 1 is 1.32 bits per heavy atom. The molecule has 0 unspecified atom stereocenters. The highest BCUT2D eigenvalue weighted by Gasteiger charge is 2.18. The Labute approximate surface area is 174 Å². The molecule has 0 radical (unpaired) electrons. The summed E-state index contributed by atoms with van der Waals surface area (Å²) in [5, 5.41) is 5.22. The first-order valence-corrected chi connectivity index (χ1v) is 10.1. The van der Waals surface area contributed by atoms with Crippen molar-refractivity contribution in [3.05, 3.63) is 45.1 Å². The summed E-state index contributed by atoms with van der Waals surface area (Å²) in [4.78, 5) is 30.2. The number of hydrogen-bond donors (Lipinski definition) is 2. The first kappa shape index (κ1) is 20.1. The lowest BCUT2D eigenvalue weighted by Crippen LogP contribution is -2.20. The van der Waals surface area contributed by atoms with Gasteiger partial charge in [-0.25, -0.2) is 4.98 Å². The number of aromatic nitrogens is 1. The molecule has 0 saturated carbocycles. The molecule has 2 aromatic heterocycles. The maximum absolute atomic E-state index is 12.6. The highest BCUT2D eigenvalue weighted by Crippen LogP contribution is 2.37.